The van der Waals surface area contributed by atoms with Gasteiger partial charge in [-0.3, -0.25) is 4.79 Å². The van der Waals surface area contributed by atoms with E-state index >= 15 is 0 Å². The molecule has 1 atom stereocenters. The maximum atomic E-state index is 12.1. The van der Waals surface area contributed by atoms with E-state index < -0.39 is 12.6 Å². The largest absolute Gasteiger partial charge is 0.481 e. The monoisotopic (exact) mass is 490 g/mol. The summed E-state index contributed by atoms with van der Waals surface area (Å²) in [5, 5.41) is 9.79. The van der Waals surface area contributed by atoms with Gasteiger partial charge in [0.15, 0.2) is 6.61 Å². The van der Waals surface area contributed by atoms with Crippen LogP contribution in [0.15, 0.2) is 42.5 Å². The number of carbonyl (C=O) groups is 2. The normalized spacial score (nSPS) is 15.5. The number of carbonyl (C=O) groups excluding carboxylic acids is 1. The lowest BCUT2D eigenvalue weighted by molar-refractivity contribution is -0.139. The minimum absolute atomic E-state index is 0.361. The number of halogens is 1. The third kappa shape index (κ3) is 3.34. The summed E-state index contributed by atoms with van der Waals surface area (Å²) in [4.78, 5) is 23.1. The summed E-state index contributed by atoms with van der Waals surface area (Å²) in [5.41, 5.74) is 9.71. The molecule has 1 amide bonds. The van der Waals surface area contributed by atoms with Crippen molar-refractivity contribution in [3.05, 3.63) is 62.9 Å². The second-order valence-electron chi connectivity index (χ2n) is 6.90. The average molecular weight is 490 g/mol. The molecule has 1 aromatic heterocycles. The molecule has 0 fully saturated rings. The summed E-state index contributed by atoms with van der Waals surface area (Å²) in [6.45, 7) is 0.230. The first-order valence-electron chi connectivity index (χ1n) is 8.98. The Hall–Kier alpha value is -2.55. The molecule has 3 aromatic rings. The lowest BCUT2D eigenvalue weighted by atomic mass is 9.99. The number of aliphatic carboxylic acids is 1. The summed E-state index contributed by atoms with van der Waals surface area (Å²) in [5.74, 6) is -1.31. The molecule has 0 aliphatic heterocycles. The van der Waals surface area contributed by atoms with E-state index in [9.17, 15) is 9.59 Å². The minimum Gasteiger partial charge on any atom is -0.481 e. The number of hydrogen-bond donors (Lipinski definition) is 2. The van der Waals surface area contributed by atoms with E-state index in [4.69, 9.17) is 15.6 Å². The Morgan fingerprint density at radius 3 is 2.64 bits per heavy atom. The predicted octanol–water partition coefficient (Wildman–Crippen LogP) is 3.27. The Bertz CT molecular complexity index is 1070. The lowest BCUT2D eigenvalue weighted by Crippen LogP contribution is -2.19. The third-order valence-corrected chi connectivity index (χ3v) is 5.89. The van der Waals surface area contributed by atoms with Gasteiger partial charge < -0.3 is 20.1 Å². The van der Waals surface area contributed by atoms with E-state index in [0.29, 0.717) is 18.7 Å². The molecule has 28 heavy (non-hydrogen) atoms. The van der Waals surface area contributed by atoms with Gasteiger partial charge in [0, 0.05) is 21.2 Å². The first kappa shape index (κ1) is 18.8. The Morgan fingerprint density at radius 1 is 1.21 bits per heavy atom. The van der Waals surface area contributed by atoms with Crippen molar-refractivity contribution in [1.29, 1.82) is 0 Å². The third-order valence-electron chi connectivity index (χ3n) is 5.17. The lowest BCUT2D eigenvalue weighted by Gasteiger charge is -2.12. The van der Waals surface area contributed by atoms with Crippen molar-refractivity contribution in [1.82, 2.24) is 4.57 Å². The molecule has 0 saturated carbocycles. The van der Waals surface area contributed by atoms with Crippen LogP contribution in [-0.2, 0) is 22.6 Å². The van der Waals surface area contributed by atoms with Gasteiger partial charge in [-0.2, -0.15) is 0 Å². The van der Waals surface area contributed by atoms with E-state index in [1.165, 1.54) is 3.57 Å². The Kier molecular flexibility index (Phi) is 5.01. The van der Waals surface area contributed by atoms with Crippen LogP contribution in [0, 0.1) is 3.57 Å². The zero-order chi connectivity index (χ0) is 19.8. The van der Waals surface area contributed by atoms with E-state index in [2.05, 4.69) is 51.4 Å². The van der Waals surface area contributed by atoms with Gasteiger partial charge >= 0.3 is 5.97 Å². The standard InChI is InChI=1S/C21H19IN2O4/c22-13-6-4-12(5-7-13)10-24-15-2-1-3-17(28-11-18(25)26)20(15)19-14(21(23)27)8-9-16(19)24/h1-7,14H,8-11H2,(H2,23,27)(H,25,26). The number of rotatable bonds is 6. The van der Waals surface area contributed by atoms with Crippen LogP contribution in [0.5, 0.6) is 5.75 Å². The second kappa shape index (κ2) is 7.46. The van der Waals surface area contributed by atoms with E-state index in [1.54, 1.807) is 6.07 Å². The topological polar surface area (TPSA) is 94.6 Å². The van der Waals surface area contributed by atoms with E-state index in [-0.39, 0.29) is 11.8 Å². The molecule has 2 aromatic carbocycles. The van der Waals surface area contributed by atoms with Crippen LogP contribution in [0.4, 0.5) is 0 Å². The van der Waals surface area contributed by atoms with Crippen LogP contribution in [0.25, 0.3) is 10.9 Å². The fourth-order valence-electron chi connectivity index (χ4n) is 4.02. The molecule has 1 aliphatic rings. The van der Waals surface area contributed by atoms with Gasteiger partial charge in [-0.25, -0.2) is 4.79 Å². The molecule has 7 heteroatoms. The molecule has 0 radical (unpaired) electrons. The first-order chi connectivity index (χ1) is 13.5. The molecule has 0 spiro atoms. The van der Waals surface area contributed by atoms with Gasteiger partial charge in [0.25, 0.3) is 0 Å². The number of fused-ring (bicyclic) bond motifs is 3. The van der Waals surface area contributed by atoms with Gasteiger partial charge in [0.05, 0.1) is 11.4 Å². The number of hydrogen-bond acceptors (Lipinski definition) is 3. The number of carboxylic acid groups (broad SMARTS) is 1. The van der Waals surface area contributed by atoms with Crippen molar-refractivity contribution in [2.24, 2.45) is 5.73 Å². The fraction of sp³-hybridized carbons (Fsp3) is 0.238. The molecule has 144 valence electrons. The summed E-state index contributed by atoms with van der Waals surface area (Å²) >= 11 is 2.28. The molecule has 6 nitrogen and oxygen atoms in total. The van der Waals surface area contributed by atoms with E-state index in [0.717, 1.165) is 34.1 Å². The van der Waals surface area contributed by atoms with Gasteiger partial charge in [-0.15, -0.1) is 0 Å². The van der Waals surface area contributed by atoms with Crippen molar-refractivity contribution in [2.75, 3.05) is 6.61 Å². The molecular formula is C21H19IN2O4. The minimum atomic E-state index is -1.04. The summed E-state index contributed by atoms with van der Waals surface area (Å²) < 4.78 is 8.91. The van der Waals surface area contributed by atoms with Crippen LogP contribution in [0.3, 0.4) is 0 Å². The molecule has 1 aliphatic carbocycles. The van der Waals surface area contributed by atoms with E-state index in [1.807, 2.05) is 12.1 Å². The van der Waals surface area contributed by atoms with Crippen molar-refractivity contribution < 1.29 is 19.4 Å². The van der Waals surface area contributed by atoms with Gasteiger partial charge in [0.1, 0.15) is 5.75 Å². The number of carboxylic acids is 1. The number of primary amides is 1. The van der Waals surface area contributed by atoms with Crippen molar-refractivity contribution in [3.8, 4) is 5.75 Å². The number of amides is 1. The quantitative estimate of drug-likeness (QED) is 0.519. The smallest absolute Gasteiger partial charge is 0.341 e. The highest BCUT2D eigenvalue weighted by atomic mass is 127. The molecular weight excluding hydrogens is 471 g/mol. The highest BCUT2D eigenvalue weighted by Crippen LogP contribution is 2.44. The molecule has 0 saturated heterocycles. The van der Waals surface area contributed by atoms with Crippen LogP contribution in [0.2, 0.25) is 0 Å². The van der Waals surface area contributed by atoms with Crippen LogP contribution >= 0.6 is 22.6 Å². The SMILES string of the molecule is NC(=O)C1CCc2c1c1c(OCC(=O)O)cccc1n2Cc1ccc(I)cc1. The zero-order valence-electron chi connectivity index (χ0n) is 15.0. The highest BCUT2D eigenvalue weighted by Gasteiger charge is 2.34. The van der Waals surface area contributed by atoms with Crippen molar-refractivity contribution in [2.45, 2.75) is 25.3 Å². The van der Waals surface area contributed by atoms with Gasteiger partial charge in [-0.1, -0.05) is 18.2 Å². The van der Waals surface area contributed by atoms with Gasteiger partial charge in [-0.05, 0) is 70.8 Å². The number of benzene rings is 2. The second-order valence-corrected chi connectivity index (χ2v) is 8.14. The first-order valence-corrected chi connectivity index (χ1v) is 10.1. The molecule has 4 rings (SSSR count). The molecule has 0 bridgehead atoms. The average Bonchev–Trinajstić information content (AvgIpc) is 3.21. The van der Waals surface area contributed by atoms with Crippen LogP contribution < -0.4 is 10.5 Å². The number of aromatic nitrogens is 1. The predicted molar refractivity (Wildman–Crippen MR) is 114 cm³/mol. The Balaban J connectivity index is 1.88. The molecule has 1 unspecified atom stereocenters. The van der Waals surface area contributed by atoms with Crippen LogP contribution in [0.1, 0.15) is 29.2 Å². The zero-order valence-corrected chi connectivity index (χ0v) is 17.2. The Morgan fingerprint density at radius 2 is 1.96 bits per heavy atom. The van der Waals surface area contributed by atoms with Gasteiger partial charge in [0.2, 0.25) is 5.91 Å². The van der Waals surface area contributed by atoms with Crippen molar-refractivity contribution in [3.63, 3.8) is 0 Å². The summed E-state index contributed by atoms with van der Waals surface area (Å²) in [6, 6.07) is 13.9. The highest BCUT2D eigenvalue weighted by molar-refractivity contribution is 14.1. The summed E-state index contributed by atoms with van der Waals surface area (Å²) in [6.07, 6.45) is 1.41. The number of ether oxygens (including phenoxy) is 1. The fourth-order valence-corrected chi connectivity index (χ4v) is 4.38. The molecule has 1 heterocycles. The van der Waals surface area contributed by atoms with Crippen LogP contribution in [-0.4, -0.2) is 28.2 Å². The number of nitrogens with zero attached hydrogens (tertiary/aromatic N) is 1. The maximum absolute atomic E-state index is 12.1. The Labute approximate surface area is 175 Å². The maximum Gasteiger partial charge on any atom is 0.341 e. The number of nitrogens with two attached hydrogens (primary N) is 1. The van der Waals surface area contributed by atoms with Crippen molar-refractivity contribution >= 4 is 45.4 Å². The molecule has 3 N–H and O–H groups in total. The summed E-state index contributed by atoms with van der Waals surface area (Å²) in [7, 11) is 0.